The molecule has 0 aromatic heterocycles. The second kappa shape index (κ2) is 5.61. The minimum Gasteiger partial charge on any atom is -0.381 e. The number of rotatable bonds is 4. The van der Waals surface area contributed by atoms with E-state index in [9.17, 15) is 14.9 Å². The van der Waals surface area contributed by atoms with Crippen molar-refractivity contribution in [1.29, 1.82) is 0 Å². The summed E-state index contributed by atoms with van der Waals surface area (Å²) in [5.41, 5.74) is -0.598. The minimum atomic E-state index is -0.638. The molecule has 6 nitrogen and oxygen atoms in total. The highest BCUT2D eigenvalue weighted by molar-refractivity contribution is 6.33. The molecule has 0 saturated heterocycles. The number of nitro groups is 1. The number of nitro benzene ring substituents is 1. The van der Waals surface area contributed by atoms with Gasteiger partial charge in [-0.25, -0.2) is 0 Å². The molecular weight excluding hydrogens is 296 g/mol. The molecule has 0 aliphatic heterocycles. The van der Waals surface area contributed by atoms with E-state index in [1.165, 1.54) is 18.2 Å². The first kappa shape index (κ1) is 15.7. The number of nitrogens with zero attached hydrogens (tertiary/aromatic N) is 1. The van der Waals surface area contributed by atoms with Gasteiger partial charge in [0.05, 0.1) is 11.0 Å². The van der Waals surface area contributed by atoms with Gasteiger partial charge < -0.3 is 10.1 Å². The van der Waals surface area contributed by atoms with Crippen LogP contribution in [0, 0.1) is 15.5 Å². The van der Waals surface area contributed by atoms with E-state index in [1.54, 1.807) is 7.11 Å². The minimum absolute atomic E-state index is 0.0239. The van der Waals surface area contributed by atoms with E-state index in [4.69, 9.17) is 16.3 Å². The standard InChI is InChI=1S/C14H17ClN2O4/c1-14(2)10(7-11(14)21-3)16-13(18)8-5-4-6-9(15)12(8)17(19)20/h4-6,10-11H,7H2,1-3H3,(H,16,18). The van der Waals surface area contributed by atoms with E-state index in [2.05, 4.69) is 5.32 Å². The summed E-state index contributed by atoms with van der Waals surface area (Å²) in [5.74, 6) is -0.489. The van der Waals surface area contributed by atoms with E-state index < -0.39 is 10.8 Å². The number of halogens is 1. The quantitative estimate of drug-likeness (QED) is 0.684. The van der Waals surface area contributed by atoms with Gasteiger partial charge in [0.2, 0.25) is 0 Å². The van der Waals surface area contributed by atoms with Crippen LogP contribution in [-0.2, 0) is 4.74 Å². The molecule has 1 N–H and O–H groups in total. The van der Waals surface area contributed by atoms with Crippen molar-refractivity contribution in [2.45, 2.75) is 32.4 Å². The molecule has 0 bridgehead atoms. The van der Waals surface area contributed by atoms with Crippen LogP contribution in [0.25, 0.3) is 0 Å². The topological polar surface area (TPSA) is 81.5 Å². The van der Waals surface area contributed by atoms with Gasteiger partial charge in [-0.2, -0.15) is 0 Å². The lowest BCUT2D eigenvalue weighted by Gasteiger charge is -2.51. The molecule has 1 amide bonds. The summed E-state index contributed by atoms with van der Waals surface area (Å²) in [5, 5.41) is 13.8. The molecule has 1 saturated carbocycles. The van der Waals surface area contributed by atoms with Gasteiger partial charge in [-0.15, -0.1) is 0 Å². The number of nitrogens with one attached hydrogen (secondary N) is 1. The Hall–Kier alpha value is -1.66. The fourth-order valence-corrected chi connectivity index (χ4v) is 2.89. The summed E-state index contributed by atoms with van der Waals surface area (Å²) in [4.78, 5) is 22.7. The van der Waals surface area contributed by atoms with E-state index in [0.29, 0.717) is 6.42 Å². The van der Waals surface area contributed by atoms with Gasteiger partial charge in [0.25, 0.3) is 5.91 Å². The zero-order chi connectivity index (χ0) is 15.8. The van der Waals surface area contributed by atoms with Crippen LogP contribution in [0.3, 0.4) is 0 Å². The lowest BCUT2D eigenvalue weighted by Crippen LogP contribution is -2.61. The van der Waals surface area contributed by atoms with Crippen LogP contribution in [0.1, 0.15) is 30.6 Å². The second-order valence-electron chi connectivity index (χ2n) is 5.70. The Morgan fingerprint density at radius 1 is 1.52 bits per heavy atom. The van der Waals surface area contributed by atoms with E-state index in [1.807, 2.05) is 13.8 Å². The Kier molecular flexibility index (Phi) is 4.20. The fraction of sp³-hybridized carbons (Fsp3) is 0.500. The number of methoxy groups -OCH3 is 1. The van der Waals surface area contributed by atoms with Crippen LogP contribution in [0.4, 0.5) is 5.69 Å². The summed E-state index contributed by atoms with van der Waals surface area (Å²) in [6.45, 7) is 3.98. The number of carbonyl (C=O) groups excluding carboxylic acids is 1. The average Bonchev–Trinajstić information content (AvgIpc) is 2.41. The Labute approximate surface area is 127 Å². The molecule has 2 atom stereocenters. The zero-order valence-electron chi connectivity index (χ0n) is 12.1. The Bertz CT molecular complexity index is 588. The van der Waals surface area contributed by atoms with E-state index >= 15 is 0 Å². The normalized spacial score (nSPS) is 23.2. The maximum Gasteiger partial charge on any atom is 0.300 e. The van der Waals surface area contributed by atoms with Crippen LogP contribution in [0.2, 0.25) is 5.02 Å². The van der Waals surface area contributed by atoms with Gasteiger partial charge in [0.15, 0.2) is 0 Å². The van der Waals surface area contributed by atoms with Crippen LogP contribution in [-0.4, -0.2) is 30.1 Å². The van der Waals surface area contributed by atoms with Crippen molar-refractivity contribution < 1.29 is 14.5 Å². The van der Waals surface area contributed by atoms with Gasteiger partial charge in [-0.05, 0) is 18.6 Å². The molecule has 7 heteroatoms. The predicted molar refractivity (Wildman–Crippen MR) is 78.6 cm³/mol. The fourth-order valence-electron chi connectivity index (χ4n) is 2.65. The lowest BCUT2D eigenvalue weighted by molar-refractivity contribution is -0.385. The van der Waals surface area contributed by atoms with E-state index in [0.717, 1.165) is 0 Å². The maximum atomic E-state index is 12.3. The number of amides is 1. The van der Waals surface area contributed by atoms with Crippen molar-refractivity contribution >= 4 is 23.2 Å². The molecule has 2 unspecified atom stereocenters. The lowest BCUT2D eigenvalue weighted by atomic mass is 9.64. The first-order valence-corrected chi connectivity index (χ1v) is 6.93. The molecule has 1 fully saturated rings. The van der Waals surface area contributed by atoms with Crippen molar-refractivity contribution in [3.8, 4) is 0 Å². The number of hydrogen-bond donors (Lipinski definition) is 1. The molecule has 1 aromatic rings. The third kappa shape index (κ3) is 2.73. The van der Waals surface area contributed by atoms with Crippen LogP contribution >= 0.6 is 11.6 Å². The first-order chi connectivity index (χ1) is 9.78. The molecular formula is C14H17ClN2O4. The van der Waals surface area contributed by atoms with Crippen molar-refractivity contribution in [2.24, 2.45) is 5.41 Å². The van der Waals surface area contributed by atoms with Gasteiger partial charge in [-0.3, -0.25) is 14.9 Å². The van der Waals surface area contributed by atoms with Crippen LogP contribution < -0.4 is 5.32 Å². The summed E-state index contributed by atoms with van der Waals surface area (Å²) in [6.07, 6.45) is 0.751. The van der Waals surface area contributed by atoms with Gasteiger partial charge in [0, 0.05) is 18.6 Å². The molecule has 0 spiro atoms. The van der Waals surface area contributed by atoms with Crippen molar-refractivity contribution in [3.63, 3.8) is 0 Å². The predicted octanol–water partition coefficient (Wildman–Crippen LogP) is 2.79. The van der Waals surface area contributed by atoms with E-state index in [-0.39, 0.29) is 33.8 Å². The molecule has 0 heterocycles. The monoisotopic (exact) mass is 312 g/mol. The van der Waals surface area contributed by atoms with Crippen LogP contribution in [0.15, 0.2) is 18.2 Å². The molecule has 1 aliphatic rings. The Morgan fingerprint density at radius 3 is 2.71 bits per heavy atom. The molecule has 21 heavy (non-hydrogen) atoms. The van der Waals surface area contributed by atoms with Crippen molar-refractivity contribution in [2.75, 3.05) is 7.11 Å². The van der Waals surface area contributed by atoms with Gasteiger partial charge in [-0.1, -0.05) is 31.5 Å². The van der Waals surface area contributed by atoms with Gasteiger partial charge in [0.1, 0.15) is 10.6 Å². The SMILES string of the molecule is COC1CC(NC(=O)c2cccc(Cl)c2[N+](=O)[O-])C1(C)C. The molecule has 2 rings (SSSR count). The highest BCUT2D eigenvalue weighted by Gasteiger charge is 2.49. The number of ether oxygens (including phenoxy) is 1. The summed E-state index contributed by atoms with van der Waals surface area (Å²) >= 11 is 5.81. The molecule has 114 valence electrons. The number of carbonyl (C=O) groups is 1. The maximum absolute atomic E-state index is 12.3. The third-order valence-corrected chi connectivity index (χ3v) is 4.49. The Morgan fingerprint density at radius 2 is 2.19 bits per heavy atom. The Balaban J connectivity index is 2.20. The second-order valence-corrected chi connectivity index (χ2v) is 6.11. The molecule has 1 aromatic carbocycles. The number of hydrogen-bond acceptors (Lipinski definition) is 4. The largest absolute Gasteiger partial charge is 0.381 e. The average molecular weight is 313 g/mol. The van der Waals surface area contributed by atoms with Gasteiger partial charge >= 0.3 is 5.69 Å². The van der Waals surface area contributed by atoms with Crippen molar-refractivity contribution in [3.05, 3.63) is 38.9 Å². The summed E-state index contributed by atoms with van der Waals surface area (Å²) in [6, 6.07) is 4.23. The summed E-state index contributed by atoms with van der Waals surface area (Å²) in [7, 11) is 1.63. The van der Waals surface area contributed by atoms with Crippen LogP contribution in [0.5, 0.6) is 0 Å². The highest BCUT2D eigenvalue weighted by Crippen LogP contribution is 2.42. The first-order valence-electron chi connectivity index (χ1n) is 6.55. The molecule has 1 aliphatic carbocycles. The third-order valence-electron chi connectivity index (χ3n) is 4.18. The molecule has 0 radical (unpaired) electrons. The highest BCUT2D eigenvalue weighted by atomic mass is 35.5. The zero-order valence-corrected chi connectivity index (χ0v) is 12.8. The van der Waals surface area contributed by atoms with Crippen molar-refractivity contribution in [1.82, 2.24) is 5.32 Å². The smallest absolute Gasteiger partial charge is 0.300 e. The number of benzene rings is 1. The number of para-hydroxylation sites is 1. The summed E-state index contributed by atoms with van der Waals surface area (Å²) < 4.78 is 5.32.